The molecular weight excluding hydrogens is 281 g/mol. The lowest BCUT2D eigenvalue weighted by molar-refractivity contribution is -0.141. The van der Waals surface area contributed by atoms with Crippen molar-refractivity contribution in [1.82, 2.24) is 9.97 Å². The van der Waals surface area contributed by atoms with Crippen molar-refractivity contribution < 1.29 is 17.9 Å². The molecule has 0 bridgehead atoms. The van der Waals surface area contributed by atoms with Gasteiger partial charge in [-0.1, -0.05) is 13.8 Å². The smallest absolute Gasteiger partial charge is 0.433 e. The molecule has 21 heavy (non-hydrogen) atoms. The molecule has 2 rings (SSSR count). The fourth-order valence-electron chi connectivity index (χ4n) is 1.60. The molecule has 114 valence electrons. The quantitative estimate of drug-likeness (QED) is 0.788. The Hall–Kier alpha value is -2.11. The summed E-state index contributed by atoms with van der Waals surface area (Å²) in [7, 11) is 0. The number of hydrogen-bond donors (Lipinski definition) is 0. The van der Waals surface area contributed by atoms with Gasteiger partial charge in [-0.2, -0.15) is 13.2 Å². The first-order valence-electron chi connectivity index (χ1n) is 6.51. The summed E-state index contributed by atoms with van der Waals surface area (Å²) < 4.78 is 42.5. The van der Waals surface area contributed by atoms with Crippen LogP contribution >= 0.6 is 0 Å². The molecule has 0 unspecified atom stereocenters. The highest BCUT2D eigenvalue weighted by Gasteiger charge is 2.32. The molecule has 2 aromatic rings. The first kappa shape index (κ1) is 16.9. The van der Waals surface area contributed by atoms with E-state index in [9.17, 15) is 13.2 Å². The van der Waals surface area contributed by atoms with Crippen LogP contribution in [0.15, 0.2) is 30.5 Å². The topological polar surface area (TPSA) is 35.0 Å². The lowest BCUT2D eigenvalue weighted by Gasteiger charge is -2.09. The van der Waals surface area contributed by atoms with E-state index in [1.54, 1.807) is 12.1 Å². The van der Waals surface area contributed by atoms with E-state index in [1.165, 1.54) is 6.07 Å². The fraction of sp³-hybridized carbons (Fsp3) is 0.333. The Morgan fingerprint density at radius 3 is 1.95 bits per heavy atom. The first-order chi connectivity index (χ1) is 9.84. The number of alkyl halides is 3. The average molecular weight is 298 g/mol. The van der Waals surface area contributed by atoms with Crippen molar-refractivity contribution in [2.45, 2.75) is 33.9 Å². The largest absolute Gasteiger partial charge is 0.456 e. The van der Waals surface area contributed by atoms with Crippen LogP contribution in [0.2, 0.25) is 0 Å². The van der Waals surface area contributed by atoms with Gasteiger partial charge in [-0.3, -0.25) is 4.98 Å². The van der Waals surface area contributed by atoms with Gasteiger partial charge in [0.25, 0.3) is 0 Å². The van der Waals surface area contributed by atoms with Crippen LogP contribution in [-0.4, -0.2) is 9.97 Å². The monoisotopic (exact) mass is 298 g/mol. The Labute approximate surface area is 121 Å². The van der Waals surface area contributed by atoms with E-state index in [2.05, 4.69) is 9.97 Å². The molecular formula is C15H17F3N2O. The number of aryl methyl sites for hydroxylation is 2. The van der Waals surface area contributed by atoms with Crippen LogP contribution in [0.3, 0.4) is 0 Å². The maximum Gasteiger partial charge on any atom is 0.433 e. The van der Waals surface area contributed by atoms with Gasteiger partial charge in [0.15, 0.2) is 0 Å². The minimum absolute atomic E-state index is 0.248. The standard InChI is InChI=1S/C13H11F3N2O.C2H6/c1-8-5-11(6-9(2)18-8)19-10-3-4-12(17-7-10)13(14,15)16;1-2/h3-7H,1-2H3;1-2H3. The molecule has 0 spiro atoms. The predicted molar refractivity (Wildman–Crippen MR) is 74.4 cm³/mol. The van der Waals surface area contributed by atoms with Gasteiger partial charge < -0.3 is 4.74 Å². The molecule has 0 aliphatic rings. The summed E-state index contributed by atoms with van der Waals surface area (Å²) in [5.74, 6) is 0.768. The highest BCUT2D eigenvalue weighted by atomic mass is 19.4. The van der Waals surface area contributed by atoms with E-state index >= 15 is 0 Å². The van der Waals surface area contributed by atoms with E-state index in [0.29, 0.717) is 5.75 Å². The summed E-state index contributed by atoms with van der Waals surface area (Å²) in [6.07, 6.45) is -3.39. The van der Waals surface area contributed by atoms with Crippen LogP contribution in [0, 0.1) is 13.8 Å². The lowest BCUT2D eigenvalue weighted by atomic mass is 10.3. The molecule has 2 heterocycles. The van der Waals surface area contributed by atoms with E-state index in [1.807, 2.05) is 27.7 Å². The number of hydrogen-bond acceptors (Lipinski definition) is 3. The van der Waals surface area contributed by atoms with Crippen molar-refractivity contribution in [1.29, 1.82) is 0 Å². The number of pyridine rings is 2. The van der Waals surface area contributed by atoms with Gasteiger partial charge in [-0.05, 0) is 26.0 Å². The van der Waals surface area contributed by atoms with E-state index in [0.717, 1.165) is 23.7 Å². The van der Waals surface area contributed by atoms with Crippen molar-refractivity contribution in [2.24, 2.45) is 0 Å². The molecule has 3 nitrogen and oxygen atoms in total. The summed E-state index contributed by atoms with van der Waals surface area (Å²) >= 11 is 0. The van der Waals surface area contributed by atoms with Crippen molar-refractivity contribution in [3.05, 3.63) is 47.5 Å². The molecule has 0 N–H and O–H groups in total. The summed E-state index contributed by atoms with van der Waals surface area (Å²) in [5, 5.41) is 0. The number of aromatic nitrogens is 2. The number of rotatable bonds is 2. The summed E-state index contributed by atoms with van der Waals surface area (Å²) in [4.78, 5) is 7.50. The molecule has 0 fully saturated rings. The molecule has 0 saturated carbocycles. The van der Waals surface area contributed by atoms with Gasteiger partial charge in [0.2, 0.25) is 0 Å². The van der Waals surface area contributed by atoms with E-state index < -0.39 is 11.9 Å². The Balaban J connectivity index is 0.00000106. The van der Waals surface area contributed by atoms with Crippen LogP contribution < -0.4 is 4.74 Å². The van der Waals surface area contributed by atoms with Crippen molar-refractivity contribution in [2.75, 3.05) is 0 Å². The predicted octanol–water partition coefficient (Wildman–Crippen LogP) is 4.93. The van der Waals surface area contributed by atoms with Crippen LogP contribution in [0.1, 0.15) is 30.9 Å². The summed E-state index contributed by atoms with van der Waals surface area (Å²) in [5.41, 5.74) is 0.603. The Kier molecular flexibility index (Phi) is 5.69. The van der Waals surface area contributed by atoms with E-state index in [-0.39, 0.29) is 5.75 Å². The minimum Gasteiger partial charge on any atom is -0.456 e. The highest BCUT2D eigenvalue weighted by Crippen LogP contribution is 2.29. The normalized spacial score (nSPS) is 10.6. The zero-order valence-corrected chi connectivity index (χ0v) is 12.3. The van der Waals surface area contributed by atoms with Crippen LogP contribution in [0.4, 0.5) is 13.2 Å². The number of ether oxygens (including phenoxy) is 1. The molecule has 0 atom stereocenters. The SMILES string of the molecule is CC.Cc1cc(Oc2ccc(C(F)(F)F)nc2)cc(C)n1. The average Bonchev–Trinajstić information content (AvgIpc) is 2.39. The van der Waals surface area contributed by atoms with E-state index in [4.69, 9.17) is 4.74 Å². The zero-order chi connectivity index (χ0) is 16.0. The molecule has 0 aliphatic heterocycles. The van der Waals surface area contributed by atoms with Gasteiger partial charge in [-0.15, -0.1) is 0 Å². The van der Waals surface area contributed by atoms with Gasteiger partial charge >= 0.3 is 6.18 Å². The third-order valence-corrected chi connectivity index (χ3v) is 2.32. The van der Waals surface area contributed by atoms with Crippen molar-refractivity contribution in [3.63, 3.8) is 0 Å². The van der Waals surface area contributed by atoms with Crippen LogP contribution in [0.25, 0.3) is 0 Å². The maximum absolute atomic E-state index is 12.3. The lowest BCUT2D eigenvalue weighted by Crippen LogP contribution is -2.07. The Morgan fingerprint density at radius 1 is 0.952 bits per heavy atom. The second-order valence-corrected chi connectivity index (χ2v) is 4.06. The fourth-order valence-corrected chi connectivity index (χ4v) is 1.60. The van der Waals surface area contributed by atoms with Crippen molar-refractivity contribution >= 4 is 0 Å². The molecule has 2 aromatic heterocycles. The van der Waals surface area contributed by atoms with Crippen molar-refractivity contribution in [3.8, 4) is 11.5 Å². The van der Waals surface area contributed by atoms with Gasteiger partial charge in [0.05, 0.1) is 6.20 Å². The molecule has 6 heteroatoms. The van der Waals surface area contributed by atoms with Crippen LogP contribution in [0.5, 0.6) is 11.5 Å². The number of nitrogens with zero attached hydrogens (tertiary/aromatic N) is 2. The Bertz CT molecular complexity index is 560. The molecule has 0 radical (unpaired) electrons. The third-order valence-electron chi connectivity index (χ3n) is 2.32. The number of halogens is 3. The van der Waals surface area contributed by atoms with Crippen LogP contribution in [-0.2, 0) is 6.18 Å². The summed E-state index contributed by atoms with van der Waals surface area (Å²) in [6, 6.07) is 5.52. The highest BCUT2D eigenvalue weighted by molar-refractivity contribution is 5.32. The molecule has 0 aliphatic carbocycles. The van der Waals surface area contributed by atoms with Gasteiger partial charge in [-0.25, -0.2) is 4.98 Å². The molecule has 0 aromatic carbocycles. The zero-order valence-electron chi connectivity index (χ0n) is 12.3. The summed E-state index contributed by atoms with van der Waals surface area (Å²) in [6.45, 7) is 7.62. The van der Waals surface area contributed by atoms with Gasteiger partial charge in [0, 0.05) is 23.5 Å². The second-order valence-electron chi connectivity index (χ2n) is 4.06. The van der Waals surface area contributed by atoms with Gasteiger partial charge in [0.1, 0.15) is 17.2 Å². The molecule has 0 saturated heterocycles. The molecule has 0 amide bonds. The maximum atomic E-state index is 12.3. The third kappa shape index (κ3) is 5.06. The second kappa shape index (κ2) is 7.06. The first-order valence-corrected chi connectivity index (χ1v) is 6.51. The minimum atomic E-state index is -4.44. The Morgan fingerprint density at radius 2 is 1.52 bits per heavy atom.